The summed E-state index contributed by atoms with van der Waals surface area (Å²) in [6, 6.07) is 2.03. The Morgan fingerprint density at radius 1 is 1.43 bits per heavy atom. The molecular formula is C16H21F2N3O2. The SMILES string of the molecule is CCC(NC(=O)C1CCCN(C(N)=O)C1)c1cc(F)ccc1F. The minimum absolute atomic E-state index is 0.128. The molecule has 0 aliphatic carbocycles. The molecule has 0 radical (unpaired) electrons. The Morgan fingerprint density at radius 3 is 2.83 bits per heavy atom. The Labute approximate surface area is 133 Å². The summed E-state index contributed by atoms with van der Waals surface area (Å²) in [6.45, 7) is 2.57. The number of likely N-dealkylation sites (tertiary alicyclic amines) is 1. The van der Waals surface area contributed by atoms with E-state index in [0.29, 0.717) is 25.8 Å². The van der Waals surface area contributed by atoms with E-state index in [1.54, 1.807) is 6.92 Å². The van der Waals surface area contributed by atoms with E-state index in [1.165, 1.54) is 4.90 Å². The van der Waals surface area contributed by atoms with E-state index in [1.807, 2.05) is 0 Å². The van der Waals surface area contributed by atoms with Crippen molar-refractivity contribution in [3.05, 3.63) is 35.4 Å². The topological polar surface area (TPSA) is 75.4 Å². The van der Waals surface area contributed by atoms with Gasteiger partial charge in [0.1, 0.15) is 11.6 Å². The van der Waals surface area contributed by atoms with Crippen LogP contribution in [0.25, 0.3) is 0 Å². The Kier molecular flexibility index (Phi) is 5.52. The molecule has 5 nitrogen and oxygen atoms in total. The molecule has 7 heteroatoms. The highest BCUT2D eigenvalue weighted by atomic mass is 19.1. The average Bonchev–Trinajstić information content (AvgIpc) is 2.55. The molecule has 3 amide bonds. The van der Waals surface area contributed by atoms with Crippen LogP contribution in [0.4, 0.5) is 13.6 Å². The third kappa shape index (κ3) is 4.18. The molecular weight excluding hydrogens is 304 g/mol. The summed E-state index contributed by atoms with van der Waals surface area (Å²) in [5.41, 5.74) is 5.38. The standard InChI is InChI=1S/C16H21F2N3O2/c1-2-14(12-8-11(17)5-6-13(12)18)20-15(22)10-4-3-7-21(9-10)16(19)23/h5-6,8,10,14H,2-4,7,9H2,1H3,(H2,19,23)(H,20,22). The lowest BCUT2D eigenvalue weighted by Crippen LogP contribution is -2.47. The van der Waals surface area contributed by atoms with Gasteiger partial charge in [-0.05, 0) is 37.5 Å². The lowest BCUT2D eigenvalue weighted by Gasteiger charge is -2.31. The average molecular weight is 325 g/mol. The maximum Gasteiger partial charge on any atom is 0.314 e. The van der Waals surface area contributed by atoms with Gasteiger partial charge >= 0.3 is 6.03 Å². The zero-order chi connectivity index (χ0) is 17.0. The minimum atomic E-state index is -0.609. The second-order valence-electron chi connectivity index (χ2n) is 5.76. The number of nitrogens with zero attached hydrogens (tertiary/aromatic N) is 1. The number of hydrogen-bond donors (Lipinski definition) is 2. The molecule has 1 aliphatic rings. The molecule has 3 N–H and O–H groups in total. The smallest absolute Gasteiger partial charge is 0.314 e. The molecule has 1 heterocycles. The Balaban J connectivity index is 2.07. The van der Waals surface area contributed by atoms with Crippen LogP contribution in [-0.2, 0) is 4.79 Å². The molecule has 1 aromatic carbocycles. The van der Waals surface area contributed by atoms with Gasteiger partial charge in [-0.2, -0.15) is 0 Å². The molecule has 1 fully saturated rings. The molecule has 2 unspecified atom stereocenters. The third-order valence-corrected chi connectivity index (χ3v) is 4.16. The number of nitrogens with two attached hydrogens (primary N) is 1. The number of halogens is 2. The van der Waals surface area contributed by atoms with Gasteiger partial charge in [-0.1, -0.05) is 6.92 Å². The molecule has 126 valence electrons. The first-order valence-electron chi connectivity index (χ1n) is 7.72. The van der Waals surface area contributed by atoms with Gasteiger partial charge in [-0.25, -0.2) is 13.6 Å². The van der Waals surface area contributed by atoms with E-state index in [0.717, 1.165) is 18.2 Å². The fourth-order valence-electron chi connectivity index (χ4n) is 2.86. The Bertz CT molecular complexity index is 595. The molecule has 1 aromatic rings. The van der Waals surface area contributed by atoms with E-state index in [4.69, 9.17) is 5.73 Å². The zero-order valence-corrected chi connectivity index (χ0v) is 13.0. The molecule has 2 rings (SSSR count). The van der Waals surface area contributed by atoms with Gasteiger partial charge in [-0.3, -0.25) is 4.79 Å². The lowest BCUT2D eigenvalue weighted by atomic mass is 9.96. The lowest BCUT2D eigenvalue weighted by molar-refractivity contribution is -0.127. The van der Waals surface area contributed by atoms with Crippen molar-refractivity contribution in [2.45, 2.75) is 32.2 Å². The van der Waals surface area contributed by atoms with E-state index < -0.39 is 23.7 Å². The van der Waals surface area contributed by atoms with Gasteiger partial charge in [-0.15, -0.1) is 0 Å². The van der Waals surface area contributed by atoms with Crippen molar-refractivity contribution < 1.29 is 18.4 Å². The normalized spacial score (nSPS) is 19.3. The number of urea groups is 1. The summed E-state index contributed by atoms with van der Waals surface area (Å²) in [5, 5.41) is 2.76. The second kappa shape index (κ2) is 7.39. The second-order valence-corrected chi connectivity index (χ2v) is 5.76. The first-order valence-corrected chi connectivity index (χ1v) is 7.72. The van der Waals surface area contributed by atoms with Gasteiger partial charge in [0.2, 0.25) is 5.91 Å². The first-order chi connectivity index (χ1) is 10.9. The molecule has 0 aromatic heterocycles. The van der Waals surface area contributed by atoms with E-state index in [2.05, 4.69) is 5.32 Å². The molecule has 23 heavy (non-hydrogen) atoms. The molecule has 0 saturated carbocycles. The quantitative estimate of drug-likeness (QED) is 0.891. The minimum Gasteiger partial charge on any atom is -0.351 e. The van der Waals surface area contributed by atoms with E-state index >= 15 is 0 Å². The van der Waals surface area contributed by atoms with Crippen molar-refractivity contribution in [3.8, 4) is 0 Å². The number of carbonyl (C=O) groups is 2. The zero-order valence-electron chi connectivity index (χ0n) is 13.0. The van der Waals surface area contributed by atoms with Crippen LogP contribution in [0, 0.1) is 17.6 Å². The number of piperidine rings is 1. The summed E-state index contributed by atoms with van der Waals surface area (Å²) in [5.74, 6) is -1.76. The van der Waals surface area contributed by atoms with Crippen molar-refractivity contribution >= 4 is 11.9 Å². The Hall–Kier alpha value is -2.18. The maximum atomic E-state index is 13.9. The number of benzene rings is 1. The molecule has 0 spiro atoms. The monoisotopic (exact) mass is 325 g/mol. The summed E-state index contributed by atoms with van der Waals surface area (Å²) in [7, 11) is 0. The van der Waals surface area contributed by atoms with Crippen LogP contribution in [0.1, 0.15) is 37.8 Å². The summed E-state index contributed by atoms with van der Waals surface area (Å²) >= 11 is 0. The van der Waals surface area contributed by atoms with Crippen molar-refractivity contribution in [1.82, 2.24) is 10.2 Å². The van der Waals surface area contributed by atoms with E-state index in [9.17, 15) is 18.4 Å². The predicted octanol–water partition coefficient (Wildman–Crippen LogP) is 2.32. The van der Waals surface area contributed by atoms with E-state index in [-0.39, 0.29) is 23.9 Å². The predicted molar refractivity (Wildman–Crippen MR) is 81.4 cm³/mol. The van der Waals surface area contributed by atoms with Crippen molar-refractivity contribution in [3.63, 3.8) is 0 Å². The van der Waals surface area contributed by atoms with Gasteiger partial charge < -0.3 is 16.0 Å². The van der Waals surface area contributed by atoms with Crippen molar-refractivity contribution in [2.75, 3.05) is 13.1 Å². The van der Waals surface area contributed by atoms with Gasteiger partial charge in [0, 0.05) is 18.7 Å². The van der Waals surface area contributed by atoms with Crippen molar-refractivity contribution in [2.24, 2.45) is 11.7 Å². The number of rotatable bonds is 4. The van der Waals surface area contributed by atoms with Crippen LogP contribution in [0.2, 0.25) is 0 Å². The number of primary amides is 1. The van der Waals surface area contributed by atoms with Gasteiger partial charge in [0.15, 0.2) is 0 Å². The molecule has 2 atom stereocenters. The summed E-state index contributed by atoms with van der Waals surface area (Å²) in [4.78, 5) is 25.1. The molecule has 1 saturated heterocycles. The van der Waals surface area contributed by atoms with Crippen LogP contribution >= 0.6 is 0 Å². The maximum absolute atomic E-state index is 13.9. The summed E-state index contributed by atoms with van der Waals surface area (Å²) < 4.78 is 27.2. The fourth-order valence-corrected chi connectivity index (χ4v) is 2.86. The van der Waals surface area contributed by atoms with Crippen molar-refractivity contribution in [1.29, 1.82) is 0 Å². The van der Waals surface area contributed by atoms with Crippen LogP contribution in [0.3, 0.4) is 0 Å². The third-order valence-electron chi connectivity index (χ3n) is 4.16. The molecule has 0 bridgehead atoms. The Morgan fingerprint density at radius 2 is 2.17 bits per heavy atom. The highest BCUT2D eigenvalue weighted by Gasteiger charge is 2.29. The number of amides is 3. The molecule has 1 aliphatic heterocycles. The van der Waals surface area contributed by atoms with Crippen LogP contribution in [0.15, 0.2) is 18.2 Å². The summed E-state index contributed by atoms with van der Waals surface area (Å²) in [6.07, 6.45) is 1.75. The largest absolute Gasteiger partial charge is 0.351 e. The number of nitrogens with one attached hydrogen (secondary N) is 1. The number of carbonyl (C=O) groups excluding carboxylic acids is 2. The first kappa shape index (κ1) is 17.2. The number of hydrogen-bond acceptors (Lipinski definition) is 2. The van der Waals surface area contributed by atoms with Crippen LogP contribution < -0.4 is 11.1 Å². The van der Waals surface area contributed by atoms with Crippen LogP contribution in [0.5, 0.6) is 0 Å². The fraction of sp³-hybridized carbons (Fsp3) is 0.500. The highest BCUT2D eigenvalue weighted by Crippen LogP contribution is 2.23. The van der Waals surface area contributed by atoms with Gasteiger partial charge in [0.25, 0.3) is 0 Å². The van der Waals surface area contributed by atoms with Crippen LogP contribution in [-0.4, -0.2) is 29.9 Å². The van der Waals surface area contributed by atoms with Gasteiger partial charge in [0.05, 0.1) is 12.0 Å². The highest BCUT2D eigenvalue weighted by molar-refractivity contribution is 5.80.